The van der Waals surface area contributed by atoms with Gasteiger partial charge in [-0.15, -0.1) is 0 Å². The van der Waals surface area contributed by atoms with E-state index in [-0.39, 0.29) is 5.82 Å². The zero-order valence-corrected chi connectivity index (χ0v) is 11.7. The summed E-state index contributed by atoms with van der Waals surface area (Å²) in [6, 6.07) is 12.3. The topological polar surface area (TPSA) is 29.3 Å². The molecule has 0 heterocycles. The molecule has 2 N–H and O–H groups in total. The summed E-state index contributed by atoms with van der Waals surface area (Å²) in [6.07, 6.45) is 0. The predicted octanol–water partition coefficient (Wildman–Crippen LogP) is 3.54. The van der Waals surface area contributed by atoms with Crippen LogP contribution in [0.1, 0.15) is 11.1 Å². The monoisotopic (exact) mass is 274 g/mol. The van der Waals surface area contributed by atoms with E-state index < -0.39 is 0 Å². The Morgan fingerprint density at radius 3 is 2.42 bits per heavy atom. The molecule has 2 nitrogen and oxygen atoms in total. The second kappa shape index (κ2) is 5.36. The van der Waals surface area contributed by atoms with Crippen LogP contribution in [0.5, 0.6) is 0 Å². The lowest BCUT2D eigenvalue weighted by atomic mass is 10.1. The summed E-state index contributed by atoms with van der Waals surface area (Å²) >= 11 is 4.98. The minimum atomic E-state index is -0.249. The van der Waals surface area contributed by atoms with Crippen LogP contribution < -0.4 is 10.6 Å². The number of hydrogen-bond acceptors (Lipinski definition) is 2. The van der Waals surface area contributed by atoms with Crippen LogP contribution in [0, 0.1) is 12.7 Å². The van der Waals surface area contributed by atoms with E-state index in [2.05, 4.69) is 0 Å². The highest BCUT2D eigenvalue weighted by Gasteiger charge is 2.08. The fourth-order valence-corrected chi connectivity index (χ4v) is 2.20. The van der Waals surface area contributed by atoms with Gasteiger partial charge in [-0.3, -0.25) is 0 Å². The van der Waals surface area contributed by atoms with Crippen LogP contribution in [-0.2, 0) is 0 Å². The maximum absolute atomic E-state index is 13.2. The first-order valence-corrected chi connectivity index (χ1v) is 6.29. The summed E-state index contributed by atoms with van der Waals surface area (Å²) in [7, 11) is 1.89. The van der Waals surface area contributed by atoms with Gasteiger partial charge in [-0.1, -0.05) is 18.3 Å². The molecule has 0 amide bonds. The average Bonchev–Trinajstić information content (AvgIpc) is 2.37. The fraction of sp³-hybridized carbons (Fsp3) is 0.133. The lowest BCUT2D eigenvalue weighted by Gasteiger charge is -2.20. The molecule has 2 aromatic carbocycles. The van der Waals surface area contributed by atoms with E-state index in [9.17, 15) is 4.39 Å². The van der Waals surface area contributed by atoms with Crippen LogP contribution >= 0.6 is 12.2 Å². The first-order valence-electron chi connectivity index (χ1n) is 5.89. The van der Waals surface area contributed by atoms with Gasteiger partial charge in [-0.2, -0.15) is 0 Å². The van der Waals surface area contributed by atoms with E-state index in [1.54, 1.807) is 6.07 Å². The lowest BCUT2D eigenvalue weighted by Crippen LogP contribution is -2.13. The number of nitrogens with two attached hydrogens (primary N) is 1. The largest absolute Gasteiger partial charge is 0.389 e. The summed E-state index contributed by atoms with van der Waals surface area (Å²) in [6.45, 7) is 1.96. The molecular formula is C15H15FN2S. The first-order chi connectivity index (χ1) is 8.99. The van der Waals surface area contributed by atoms with Crippen LogP contribution in [-0.4, -0.2) is 12.0 Å². The SMILES string of the molecule is Cc1cc(N(C)c2cccc(F)c2)ccc1C(N)=S. The van der Waals surface area contributed by atoms with E-state index in [0.29, 0.717) is 4.99 Å². The van der Waals surface area contributed by atoms with E-state index in [1.165, 1.54) is 12.1 Å². The number of halogens is 1. The first kappa shape index (κ1) is 13.5. The van der Waals surface area contributed by atoms with Crippen molar-refractivity contribution in [3.8, 4) is 0 Å². The number of anilines is 2. The van der Waals surface area contributed by atoms with Gasteiger partial charge in [0.25, 0.3) is 0 Å². The highest BCUT2D eigenvalue weighted by atomic mass is 32.1. The second-order valence-corrected chi connectivity index (χ2v) is 4.84. The molecule has 0 aliphatic rings. The van der Waals surface area contributed by atoms with Crippen molar-refractivity contribution in [2.24, 2.45) is 5.73 Å². The molecule has 0 radical (unpaired) electrons. The number of thiocarbonyl (C=S) groups is 1. The van der Waals surface area contributed by atoms with Gasteiger partial charge in [0.15, 0.2) is 0 Å². The van der Waals surface area contributed by atoms with E-state index in [4.69, 9.17) is 18.0 Å². The third-order valence-corrected chi connectivity index (χ3v) is 3.28. The zero-order chi connectivity index (χ0) is 14.0. The fourth-order valence-electron chi connectivity index (χ4n) is 1.97. The van der Waals surface area contributed by atoms with Crippen LogP contribution in [0.25, 0.3) is 0 Å². The number of aryl methyl sites for hydroxylation is 1. The third-order valence-electron chi connectivity index (χ3n) is 3.06. The highest BCUT2D eigenvalue weighted by Crippen LogP contribution is 2.26. The van der Waals surface area contributed by atoms with E-state index in [1.807, 2.05) is 43.1 Å². The molecular weight excluding hydrogens is 259 g/mol. The number of nitrogens with zero attached hydrogens (tertiary/aromatic N) is 1. The molecule has 19 heavy (non-hydrogen) atoms. The molecule has 0 saturated carbocycles. The molecule has 98 valence electrons. The standard InChI is InChI=1S/C15H15FN2S/c1-10-8-13(6-7-14(10)15(17)19)18(2)12-5-3-4-11(16)9-12/h3-9H,1-2H3,(H2,17,19). The maximum Gasteiger partial charge on any atom is 0.125 e. The summed E-state index contributed by atoms with van der Waals surface area (Å²) in [5, 5.41) is 0. The Morgan fingerprint density at radius 2 is 1.84 bits per heavy atom. The van der Waals surface area contributed by atoms with Gasteiger partial charge in [0.1, 0.15) is 10.8 Å². The van der Waals surface area contributed by atoms with Crippen molar-refractivity contribution in [3.63, 3.8) is 0 Å². The normalized spacial score (nSPS) is 10.3. The minimum absolute atomic E-state index is 0.249. The van der Waals surface area contributed by atoms with Gasteiger partial charge in [0.05, 0.1) is 0 Å². The maximum atomic E-state index is 13.2. The Hall–Kier alpha value is -1.94. The molecule has 0 aliphatic heterocycles. The molecule has 0 aromatic heterocycles. The Kier molecular flexibility index (Phi) is 3.81. The Bertz CT molecular complexity index is 625. The molecule has 2 rings (SSSR count). The summed E-state index contributed by atoms with van der Waals surface area (Å²) in [5.41, 5.74) is 9.27. The predicted molar refractivity (Wildman–Crippen MR) is 81.5 cm³/mol. The molecule has 0 aliphatic carbocycles. The Labute approximate surface area is 117 Å². The van der Waals surface area contributed by atoms with Gasteiger partial charge in [-0.25, -0.2) is 4.39 Å². The zero-order valence-electron chi connectivity index (χ0n) is 10.9. The lowest BCUT2D eigenvalue weighted by molar-refractivity contribution is 0.628. The number of benzene rings is 2. The molecule has 0 atom stereocenters. The van der Waals surface area contributed by atoms with Crippen molar-refractivity contribution < 1.29 is 4.39 Å². The van der Waals surface area contributed by atoms with Crippen LogP contribution in [0.3, 0.4) is 0 Å². The molecule has 4 heteroatoms. The van der Waals surface area contributed by atoms with Crippen LogP contribution in [0.2, 0.25) is 0 Å². The quantitative estimate of drug-likeness (QED) is 0.868. The Balaban J connectivity index is 2.37. The summed E-state index contributed by atoms with van der Waals surface area (Å²) in [4.78, 5) is 2.30. The van der Waals surface area contributed by atoms with Gasteiger partial charge in [0.2, 0.25) is 0 Å². The smallest absolute Gasteiger partial charge is 0.125 e. The van der Waals surface area contributed by atoms with Crippen molar-refractivity contribution in [1.29, 1.82) is 0 Å². The summed E-state index contributed by atoms with van der Waals surface area (Å²) in [5.74, 6) is -0.249. The molecule has 0 fully saturated rings. The average molecular weight is 274 g/mol. The van der Waals surface area contributed by atoms with Crippen LogP contribution in [0.4, 0.5) is 15.8 Å². The van der Waals surface area contributed by atoms with E-state index >= 15 is 0 Å². The van der Waals surface area contributed by atoms with Gasteiger partial charge in [-0.05, 0) is 48.9 Å². The number of rotatable bonds is 3. The van der Waals surface area contributed by atoms with Crippen molar-refractivity contribution in [2.75, 3.05) is 11.9 Å². The van der Waals surface area contributed by atoms with Crippen LogP contribution in [0.15, 0.2) is 42.5 Å². The Morgan fingerprint density at radius 1 is 1.16 bits per heavy atom. The molecule has 0 bridgehead atoms. The molecule has 0 unspecified atom stereocenters. The second-order valence-electron chi connectivity index (χ2n) is 4.40. The van der Waals surface area contributed by atoms with Crippen molar-refractivity contribution in [1.82, 2.24) is 0 Å². The number of hydrogen-bond donors (Lipinski definition) is 1. The summed E-state index contributed by atoms with van der Waals surface area (Å²) < 4.78 is 13.2. The van der Waals surface area contributed by atoms with Gasteiger partial charge >= 0.3 is 0 Å². The molecule has 0 spiro atoms. The van der Waals surface area contributed by atoms with Crippen molar-refractivity contribution in [2.45, 2.75) is 6.92 Å². The molecule has 0 saturated heterocycles. The van der Waals surface area contributed by atoms with Gasteiger partial charge < -0.3 is 10.6 Å². The third kappa shape index (κ3) is 2.90. The van der Waals surface area contributed by atoms with Gasteiger partial charge in [0, 0.05) is 24.0 Å². The van der Waals surface area contributed by atoms with E-state index in [0.717, 1.165) is 22.5 Å². The minimum Gasteiger partial charge on any atom is -0.389 e. The molecule has 2 aromatic rings. The van der Waals surface area contributed by atoms with Crippen molar-refractivity contribution in [3.05, 3.63) is 59.4 Å². The highest BCUT2D eigenvalue weighted by molar-refractivity contribution is 7.80. The van der Waals surface area contributed by atoms with Crippen molar-refractivity contribution >= 4 is 28.6 Å².